The molecule has 0 spiro atoms. The van der Waals surface area contributed by atoms with Crippen molar-refractivity contribution >= 4 is 22.0 Å². The molecule has 1 rings (SSSR count). The van der Waals surface area contributed by atoms with E-state index in [4.69, 9.17) is 18.9 Å². The van der Waals surface area contributed by atoms with Crippen LogP contribution >= 0.6 is 15.9 Å². The number of halogens is 1. The van der Waals surface area contributed by atoms with Crippen LogP contribution in [0.4, 0.5) is 4.79 Å². The van der Waals surface area contributed by atoms with E-state index in [1.807, 2.05) is 45.0 Å². The fourth-order valence-electron chi connectivity index (χ4n) is 1.61. The highest BCUT2D eigenvalue weighted by Crippen LogP contribution is 2.15. The SMILES string of the molecule is CC(C)(C)OC(=O)NCCOCCOCCOc1ccc(Br)cc1. The Kier molecular flexibility index (Phi) is 9.75. The maximum Gasteiger partial charge on any atom is 0.407 e. The van der Waals surface area contributed by atoms with Crippen LogP contribution in [0.2, 0.25) is 0 Å². The molecule has 0 saturated heterocycles. The molecule has 1 N–H and O–H groups in total. The van der Waals surface area contributed by atoms with E-state index < -0.39 is 11.7 Å². The van der Waals surface area contributed by atoms with Crippen molar-refractivity contribution in [3.8, 4) is 5.75 Å². The molecule has 1 aromatic carbocycles. The predicted octanol–water partition coefficient (Wildman–Crippen LogP) is 3.39. The highest BCUT2D eigenvalue weighted by Gasteiger charge is 2.15. The summed E-state index contributed by atoms with van der Waals surface area (Å²) in [6, 6.07) is 7.64. The van der Waals surface area contributed by atoms with Gasteiger partial charge in [-0.2, -0.15) is 0 Å². The minimum atomic E-state index is -0.489. The summed E-state index contributed by atoms with van der Waals surface area (Å²) in [5.41, 5.74) is -0.489. The Morgan fingerprint density at radius 3 is 2.21 bits per heavy atom. The number of benzene rings is 1. The fraction of sp³-hybridized carbons (Fsp3) is 0.588. The number of carbonyl (C=O) groups is 1. The molecule has 0 heterocycles. The Hall–Kier alpha value is -1.31. The number of carbonyl (C=O) groups excluding carboxylic acids is 1. The molecule has 0 aliphatic heterocycles. The molecule has 1 amide bonds. The van der Waals surface area contributed by atoms with Gasteiger partial charge in [-0.3, -0.25) is 0 Å². The molecule has 0 saturated carbocycles. The van der Waals surface area contributed by atoms with Crippen molar-refractivity contribution in [3.05, 3.63) is 28.7 Å². The second-order valence-electron chi connectivity index (χ2n) is 5.96. The summed E-state index contributed by atoms with van der Waals surface area (Å²) in [4.78, 5) is 11.4. The highest BCUT2D eigenvalue weighted by atomic mass is 79.9. The predicted molar refractivity (Wildman–Crippen MR) is 95.5 cm³/mol. The molecule has 0 aromatic heterocycles. The van der Waals surface area contributed by atoms with Gasteiger partial charge in [0.25, 0.3) is 0 Å². The van der Waals surface area contributed by atoms with Crippen molar-refractivity contribution in [1.29, 1.82) is 0 Å². The average Bonchev–Trinajstić information content (AvgIpc) is 2.49. The van der Waals surface area contributed by atoms with Gasteiger partial charge in [0.15, 0.2) is 0 Å². The van der Waals surface area contributed by atoms with Crippen LogP contribution < -0.4 is 10.1 Å². The van der Waals surface area contributed by atoms with Crippen LogP contribution in [0.5, 0.6) is 5.75 Å². The first kappa shape index (κ1) is 20.7. The van der Waals surface area contributed by atoms with E-state index in [1.165, 1.54) is 0 Å². The quantitative estimate of drug-likeness (QED) is 0.606. The first-order chi connectivity index (χ1) is 11.4. The third kappa shape index (κ3) is 11.3. The minimum absolute atomic E-state index is 0.404. The van der Waals surface area contributed by atoms with Gasteiger partial charge in [0, 0.05) is 11.0 Å². The van der Waals surface area contributed by atoms with Crippen molar-refractivity contribution in [2.45, 2.75) is 26.4 Å². The van der Waals surface area contributed by atoms with E-state index >= 15 is 0 Å². The monoisotopic (exact) mass is 403 g/mol. The Morgan fingerprint density at radius 2 is 1.58 bits per heavy atom. The van der Waals surface area contributed by atoms with E-state index in [1.54, 1.807) is 0 Å². The van der Waals surface area contributed by atoms with Crippen LogP contribution in [0.15, 0.2) is 28.7 Å². The Labute approximate surface area is 151 Å². The van der Waals surface area contributed by atoms with Crippen LogP contribution in [0.3, 0.4) is 0 Å². The summed E-state index contributed by atoms with van der Waals surface area (Å²) in [5.74, 6) is 0.811. The van der Waals surface area contributed by atoms with Crippen molar-refractivity contribution in [1.82, 2.24) is 5.32 Å². The smallest absolute Gasteiger partial charge is 0.407 e. The molecule has 0 aliphatic rings. The standard InChI is InChI=1S/C17H26BrNO5/c1-17(2,3)24-16(20)19-8-9-21-10-11-22-12-13-23-15-6-4-14(18)5-7-15/h4-7H,8-13H2,1-3H3,(H,19,20). The number of amides is 1. The van der Waals surface area contributed by atoms with Crippen LogP contribution in [0.1, 0.15) is 20.8 Å². The topological polar surface area (TPSA) is 66.0 Å². The zero-order valence-electron chi connectivity index (χ0n) is 14.5. The number of hydrogen-bond acceptors (Lipinski definition) is 5. The summed E-state index contributed by atoms with van der Waals surface area (Å²) < 4.78 is 22.4. The first-order valence-electron chi connectivity index (χ1n) is 7.87. The van der Waals surface area contributed by atoms with Gasteiger partial charge in [0.1, 0.15) is 18.0 Å². The first-order valence-corrected chi connectivity index (χ1v) is 8.67. The number of alkyl carbamates (subject to hydrolysis) is 1. The molecule has 0 unspecified atom stereocenters. The summed E-state index contributed by atoms with van der Waals surface area (Å²) in [5, 5.41) is 2.62. The number of nitrogens with one attached hydrogen (secondary N) is 1. The van der Waals surface area contributed by atoms with Gasteiger partial charge in [0.05, 0.1) is 26.4 Å². The number of hydrogen-bond donors (Lipinski definition) is 1. The maximum absolute atomic E-state index is 11.4. The lowest BCUT2D eigenvalue weighted by Gasteiger charge is -2.19. The zero-order valence-corrected chi connectivity index (χ0v) is 16.1. The van der Waals surface area contributed by atoms with Crippen molar-refractivity contribution in [3.63, 3.8) is 0 Å². The second-order valence-corrected chi connectivity index (χ2v) is 6.87. The van der Waals surface area contributed by atoms with E-state index in [-0.39, 0.29) is 0 Å². The normalized spacial score (nSPS) is 11.2. The Bertz CT molecular complexity index is 473. The van der Waals surface area contributed by atoms with E-state index in [2.05, 4.69) is 21.2 Å². The van der Waals surface area contributed by atoms with E-state index in [0.717, 1.165) is 10.2 Å². The van der Waals surface area contributed by atoms with Crippen molar-refractivity contribution in [2.24, 2.45) is 0 Å². The van der Waals surface area contributed by atoms with Gasteiger partial charge in [0.2, 0.25) is 0 Å². The molecule has 0 atom stereocenters. The summed E-state index contributed by atoms with van der Waals surface area (Å²) in [6.45, 7) is 8.21. The third-order valence-electron chi connectivity index (χ3n) is 2.60. The molecule has 136 valence electrons. The molecule has 1 aromatic rings. The lowest BCUT2D eigenvalue weighted by Crippen LogP contribution is -2.34. The lowest BCUT2D eigenvalue weighted by molar-refractivity contribution is 0.0327. The van der Waals surface area contributed by atoms with Gasteiger partial charge in [-0.25, -0.2) is 4.79 Å². The molecule has 0 bridgehead atoms. The molecular formula is C17H26BrNO5. The largest absolute Gasteiger partial charge is 0.491 e. The Balaban J connectivity index is 1.88. The van der Waals surface area contributed by atoms with Crippen LogP contribution in [0, 0.1) is 0 Å². The molecule has 0 radical (unpaired) electrons. The van der Waals surface area contributed by atoms with Crippen LogP contribution in [-0.4, -0.2) is 51.3 Å². The van der Waals surface area contributed by atoms with Crippen LogP contribution in [0.25, 0.3) is 0 Å². The molecular weight excluding hydrogens is 378 g/mol. The van der Waals surface area contributed by atoms with Crippen LogP contribution in [-0.2, 0) is 14.2 Å². The zero-order chi connectivity index (χ0) is 17.8. The maximum atomic E-state index is 11.4. The fourth-order valence-corrected chi connectivity index (χ4v) is 1.88. The highest BCUT2D eigenvalue weighted by molar-refractivity contribution is 9.10. The Morgan fingerprint density at radius 1 is 1.00 bits per heavy atom. The molecule has 6 nitrogen and oxygen atoms in total. The van der Waals surface area contributed by atoms with E-state index in [0.29, 0.717) is 39.6 Å². The van der Waals surface area contributed by atoms with Gasteiger partial charge in [-0.1, -0.05) is 15.9 Å². The van der Waals surface area contributed by atoms with Crippen molar-refractivity contribution < 1.29 is 23.7 Å². The van der Waals surface area contributed by atoms with Gasteiger partial charge in [-0.15, -0.1) is 0 Å². The lowest BCUT2D eigenvalue weighted by atomic mass is 10.2. The average molecular weight is 404 g/mol. The van der Waals surface area contributed by atoms with Crippen molar-refractivity contribution in [2.75, 3.05) is 39.6 Å². The molecule has 7 heteroatoms. The summed E-state index contributed by atoms with van der Waals surface area (Å²) >= 11 is 3.37. The third-order valence-corrected chi connectivity index (χ3v) is 3.13. The minimum Gasteiger partial charge on any atom is -0.491 e. The molecule has 0 aliphatic carbocycles. The van der Waals surface area contributed by atoms with Gasteiger partial charge >= 0.3 is 6.09 Å². The van der Waals surface area contributed by atoms with Gasteiger partial charge in [-0.05, 0) is 45.0 Å². The van der Waals surface area contributed by atoms with E-state index in [9.17, 15) is 4.79 Å². The second kappa shape index (κ2) is 11.3. The molecule has 0 fully saturated rings. The number of rotatable bonds is 10. The molecule has 24 heavy (non-hydrogen) atoms. The summed E-state index contributed by atoms with van der Waals surface area (Å²) in [7, 11) is 0. The summed E-state index contributed by atoms with van der Waals surface area (Å²) in [6.07, 6.45) is -0.438. The van der Waals surface area contributed by atoms with Gasteiger partial charge < -0.3 is 24.3 Å². The number of ether oxygens (including phenoxy) is 4.